The van der Waals surface area contributed by atoms with Gasteiger partial charge < -0.3 is 5.32 Å². The third-order valence-corrected chi connectivity index (χ3v) is 4.03. The lowest BCUT2D eigenvalue weighted by Crippen LogP contribution is -2.03. The van der Waals surface area contributed by atoms with Crippen LogP contribution in [0.15, 0.2) is 28.2 Å². The highest BCUT2D eigenvalue weighted by Gasteiger charge is 2.12. The third kappa shape index (κ3) is 2.85. The number of rotatable bonds is 4. The molecular weight excluding hydrogens is 318 g/mol. The maximum atomic E-state index is 10.8. The highest BCUT2D eigenvalue weighted by atomic mass is 79.9. The van der Waals surface area contributed by atoms with Crippen molar-refractivity contribution in [3.63, 3.8) is 0 Å². The molecule has 0 aliphatic carbocycles. The Labute approximate surface area is 116 Å². The minimum Gasteiger partial charge on any atom is -0.357 e. The molecule has 0 aliphatic heterocycles. The highest BCUT2D eigenvalue weighted by molar-refractivity contribution is 9.10. The molecule has 0 aliphatic rings. The molecule has 0 saturated carbocycles. The molecule has 94 valence electrons. The number of halogens is 1. The van der Waals surface area contributed by atoms with E-state index in [0.29, 0.717) is 12.1 Å². The van der Waals surface area contributed by atoms with Crippen LogP contribution in [0.2, 0.25) is 0 Å². The molecule has 0 atom stereocenters. The topological polar surface area (TPSA) is 68.1 Å². The molecule has 0 spiro atoms. The van der Waals surface area contributed by atoms with Crippen molar-refractivity contribution in [3.8, 4) is 0 Å². The first-order valence-electron chi connectivity index (χ1n) is 5.15. The average molecular weight is 328 g/mol. The van der Waals surface area contributed by atoms with Gasteiger partial charge in [0.25, 0.3) is 5.69 Å². The number of nitro benzene ring substituents is 1. The van der Waals surface area contributed by atoms with E-state index in [2.05, 4.69) is 26.2 Å². The molecule has 0 fully saturated rings. The van der Waals surface area contributed by atoms with E-state index >= 15 is 0 Å². The van der Waals surface area contributed by atoms with Gasteiger partial charge in [-0.3, -0.25) is 10.1 Å². The molecule has 0 bridgehead atoms. The zero-order valence-electron chi connectivity index (χ0n) is 9.51. The van der Waals surface area contributed by atoms with Crippen molar-refractivity contribution in [2.75, 3.05) is 5.32 Å². The third-order valence-electron chi connectivity index (χ3n) is 2.52. The van der Waals surface area contributed by atoms with Crippen LogP contribution in [-0.4, -0.2) is 9.91 Å². The summed E-state index contributed by atoms with van der Waals surface area (Å²) in [5.74, 6) is 0. The number of nitrogens with zero attached hydrogens (tertiary/aromatic N) is 2. The van der Waals surface area contributed by atoms with E-state index in [9.17, 15) is 10.1 Å². The van der Waals surface area contributed by atoms with Gasteiger partial charge in [-0.2, -0.15) is 0 Å². The molecule has 0 unspecified atom stereocenters. The maximum absolute atomic E-state index is 10.8. The Morgan fingerprint density at radius 2 is 2.33 bits per heavy atom. The van der Waals surface area contributed by atoms with Crippen LogP contribution in [0.1, 0.15) is 11.1 Å². The lowest BCUT2D eigenvalue weighted by molar-refractivity contribution is -0.385. The lowest BCUT2D eigenvalue weighted by Gasteiger charge is -2.06. The monoisotopic (exact) mass is 327 g/mol. The Bertz CT molecular complexity index is 585. The summed E-state index contributed by atoms with van der Waals surface area (Å²) in [6.07, 6.45) is 0. The number of thiazole rings is 1. The Morgan fingerprint density at radius 3 is 2.94 bits per heavy atom. The molecule has 1 N–H and O–H groups in total. The molecule has 0 radical (unpaired) electrons. The van der Waals surface area contributed by atoms with Gasteiger partial charge in [0.1, 0.15) is 4.60 Å². The van der Waals surface area contributed by atoms with E-state index in [1.54, 1.807) is 13.0 Å². The summed E-state index contributed by atoms with van der Waals surface area (Å²) in [6.45, 7) is 2.28. The quantitative estimate of drug-likeness (QED) is 0.686. The molecule has 1 aromatic carbocycles. The minimum atomic E-state index is -0.362. The van der Waals surface area contributed by atoms with Crippen molar-refractivity contribution >= 4 is 38.1 Å². The SMILES string of the molecule is Cc1c(CNc2nc(Br)cs2)cccc1[N+](=O)[O-]. The number of nitrogens with one attached hydrogen (secondary N) is 1. The van der Waals surface area contributed by atoms with Crippen molar-refractivity contribution in [3.05, 3.63) is 49.4 Å². The zero-order valence-corrected chi connectivity index (χ0v) is 11.9. The molecular formula is C11H10BrN3O2S. The fourth-order valence-corrected chi connectivity index (χ4v) is 2.71. The zero-order chi connectivity index (χ0) is 13.1. The minimum absolute atomic E-state index is 0.148. The number of anilines is 1. The average Bonchev–Trinajstić information content (AvgIpc) is 2.73. The van der Waals surface area contributed by atoms with Gasteiger partial charge in [-0.15, -0.1) is 11.3 Å². The van der Waals surface area contributed by atoms with Crippen LogP contribution in [-0.2, 0) is 6.54 Å². The van der Waals surface area contributed by atoms with E-state index in [-0.39, 0.29) is 10.6 Å². The van der Waals surface area contributed by atoms with Gasteiger partial charge >= 0.3 is 0 Å². The second kappa shape index (κ2) is 5.45. The van der Waals surface area contributed by atoms with Crippen LogP contribution >= 0.6 is 27.3 Å². The van der Waals surface area contributed by atoms with Crippen molar-refractivity contribution in [1.29, 1.82) is 0 Å². The van der Waals surface area contributed by atoms with Gasteiger partial charge in [0.2, 0.25) is 0 Å². The molecule has 0 amide bonds. The maximum Gasteiger partial charge on any atom is 0.272 e. The van der Waals surface area contributed by atoms with Crippen molar-refractivity contribution in [2.45, 2.75) is 13.5 Å². The number of hydrogen-bond acceptors (Lipinski definition) is 5. The smallest absolute Gasteiger partial charge is 0.272 e. The van der Waals surface area contributed by atoms with E-state index in [0.717, 1.165) is 15.3 Å². The molecule has 2 rings (SSSR count). The fraction of sp³-hybridized carbons (Fsp3) is 0.182. The van der Waals surface area contributed by atoms with Gasteiger partial charge in [-0.05, 0) is 28.4 Å². The molecule has 5 nitrogen and oxygen atoms in total. The van der Waals surface area contributed by atoms with Gasteiger partial charge in [0.15, 0.2) is 5.13 Å². The number of nitro groups is 1. The standard InChI is InChI=1S/C11H10BrN3O2S/c1-7-8(3-2-4-9(7)15(16)17)5-13-11-14-10(12)6-18-11/h2-4,6H,5H2,1H3,(H,13,14). The van der Waals surface area contributed by atoms with Crippen LogP contribution in [0.3, 0.4) is 0 Å². The Morgan fingerprint density at radius 1 is 1.56 bits per heavy atom. The second-order valence-electron chi connectivity index (χ2n) is 3.65. The summed E-state index contributed by atoms with van der Waals surface area (Å²) >= 11 is 4.76. The molecule has 18 heavy (non-hydrogen) atoms. The Hall–Kier alpha value is -1.47. The predicted octanol–water partition coefficient (Wildman–Crippen LogP) is 3.73. The lowest BCUT2D eigenvalue weighted by atomic mass is 10.1. The number of benzene rings is 1. The molecule has 1 aromatic heterocycles. The predicted molar refractivity (Wildman–Crippen MR) is 75.0 cm³/mol. The normalized spacial score (nSPS) is 10.3. The van der Waals surface area contributed by atoms with E-state index in [1.807, 2.05) is 11.4 Å². The summed E-state index contributed by atoms with van der Waals surface area (Å²) < 4.78 is 0.783. The van der Waals surface area contributed by atoms with Crippen molar-refractivity contribution in [2.24, 2.45) is 0 Å². The van der Waals surface area contributed by atoms with Gasteiger partial charge in [-0.25, -0.2) is 4.98 Å². The van der Waals surface area contributed by atoms with Gasteiger partial charge in [0, 0.05) is 23.6 Å². The molecule has 1 heterocycles. The summed E-state index contributed by atoms with van der Waals surface area (Å²) in [5, 5.41) is 16.6. The summed E-state index contributed by atoms with van der Waals surface area (Å²) in [4.78, 5) is 14.7. The van der Waals surface area contributed by atoms with Gasteiger partial charge in [0.05, 0.1) is 4.92 Å². The van der Waals surface area contributed by atoms with Crippen molar-refractivity contribution in [1.82, 2.24) is 4.98 Å². The number of hydrogen-bond donors (Lipinski definition) is 1. The first kappa shape index (κ1) is 13.0. The van der Waals surface area contributed by atoms with Crippen LogP contribution in [0.25, 0.3) is 0 Å². The first-order chi connectivity index (χ1) is 8.58. The highest BCUT2D eigenvalue weighted by Crippen LogP contribution is 2.23. The van der Waals surface area contributed by atoms with Crippen LogP contribution < -0.4 is 5.32 Å². The Kier molecular flexibility index (Phi) is 3.93. The van der Waals surface area contributed by atoms with Crippen molar-refractivity contribution < 1.29 is 4.92 Å². The van der Waals surface area contributed by atoms with E-state index in [4.69, 9.17) is 0 Å². The van der Waals surface area contributed by atoms with Crippen LogP contribution in [0, 0.1) is 17.0 Å². The molecule has 0 saturated heterocycles. The summed E-state index contributed by atoms with van der Waals surface area (Å²) in [6, 6.07) is 5.08. The van der Waals surface area contributed by atoms with Gasteiger partial charge in [-0.1, -0.05) is 12.1 Å². The van der Waals surface area contributed by atoms with E-state index < -0.39 is 0 Å². The largest absolute Gasteiger partial charge is 0.357 e. The molecule has 2 aromatic rings. The first-order valence-corrected chi connectivity index (χ1v) is 6.83. The second-order valence-corrected chi connectivity index (χ2v) is 5.32. The van der Waals surface area contributed by atoms with E-state index in [1.165, 1.54) is 17.4 Å². The Balaban J connectivity index is 2.14. The van der Waals surface area contributed by atoms with Crippen LogP contribution in [0.4, 0.5) is 10.8 Å². The summed E-state index contributed by atoms with van der Waals surface area (Å²) in [7, 11) is 0. The van der Waals surface area contributed by atoms with Crippen LogP contribution in [0.5, 0.6) is 0 Å². The fourth-order valence-electron chi connectivity index (χ4n) is 1.57. The summed E-state index contributed by atoms with van der Waals surface area (Å²) in [5.41, 5.74) is 1.73. The number of aromatic nitrogens is 1. The molecule has 7 heteroatoms.